The van der Waals surface area contributed by atoms with Gasteiger partial charge in [-0.2, -0.15) is 0 Å². The summed E-state index contributed by atoms with van der Waals surface area (Å²) in [5, 5.41) is 0.877. The van der Waals surface area contributed by atoms with Gasteiger partial charge in [0.1, 0.15) is 11.3 Å². The van der Waals surface area contributed by atoms with Gasteiger partial charge in [-0.05, 0) is 47.1 Å². The molecule has 4 rings (SSSR count). The SMILES string of the molecule is COc1ccccc1C=CC(=O)C=Cc1ccc(-c2cc(=O)oc3ccccc23)cc1. The van der Waals surface area contributed by atoms with Crippen molar-refractivity contribution >= 4 is 28.9 Å². The van der Waals surface area contributed by atoms with Crippen LogP contribution in [0, 0.1) is 0 Å². The highest BCUT2D eigenvalue weighted by Crippen LogP contribution is 2.27. The number of benzene rings is 3. The summed E-state index contributed by atoms with van der Waals surface area (Å²) in [5.74, 6) is 0.593. The maximum Gasteiger partial charge on any atom is 0.336 e. The van der Waals surface area contributed by atoms with Gasteiger partial charge in [0.25, 0.3) is 0 Å². The van der Waals surface area contributed by atoms with E-state index in [9.17, 15) is 9.59 Å². The van der Waals surface area contributed by atoms with Crippen LogP contribution in [0.2, 0.25) is 0 Å². The molecule has 0 saturated carbocycles. The number of allylic oxidation sites excluding steroid dienone is 2. The topological polar surface area (TPSA) is 56.5 Å². The van der Waals surface area contributed by atoms with Gasteiger partial charge in [0.2, 0.25) is 0 Å². The summed E-state index contributed by atoms with van der Waals surface area (Å²) < 4.78 is 10.5. The Bertz CT molecular complexity index is 1340. The quantitative estimate of drug-likeness (QED) is 0.300. The van der Waals surface area contributed by atoms with Gasteiger partial charge in [-0.15, -0.1) is 0 Å². The number of ketones is 1. The molecule has 0 N–H and O–H groups in total. The Balaban J connectivity index is 1.52. The minimum atomic E-state index is -0.384. The summed E-state index contributed by atoms with van der Waals surface area (Å²) in [4.78, 5) is 24.1. The van der Waals surface area contributed by atoms with Crippen LogP contribution in [0.5, 0.6) is 5.75 Å². The lowest BCUT2D eigenvalue weighted by Crippen LogP contribution is -1.97. The van der Waals surface area contributed by atoms with Gasteiger partial charge in [-0.1, -0.05) is 66.7 Å². The maximum absolute atomic E-state index is 12.2. The minimum Gasteiger partial charge on any atom is -0.496 e. The summed E-state index contributed by atoms with van der Waals surface area (Å²) in [7, 11) is 1.60. The lowest BCUT2D eigenvalue weighted by molar-refractivity contribution is -0.110. The highest BCUT2D eigenvalue weighted by molar-refractivity contribution is 6.04. The molecule has 0 radical (unpaired) electrons. The maximum atomic E-state index is 12.2. The fourth-order valence-corrected chi connectivity index (χ4v) is 3.33. The Hall–Kier alpha value is -4.18. The van der Waals surface area contributed by atoms with Gasteiger partial charge in [0, 0.05) is 17.0 Å². The molecule has 3 aromatic carbocycles. The molecule has 0 fully saturated rings. The first kappa shape index (κ1) is 20.1. The third-order valence-electron chi connectivity index (χ3n) is 4.88. The number of carbonyl (C=O) groups excluding carboxylic acids is 1. The first-order chi connectivity index (χ1) is 15.1. The average molecular weight is 408 g/mol. The van der Waals surface area contributed by atoms with Crippen molar-refractivity contribution in [2.45, 2.75) is 0 Å². The highest BCUT2D eigenvalue weighted by Gasteiger charge is 2.07. The lowest BCUT2D eigenvalue weighted by Gasteiger charge is -2.06. The van der Waals surface area contributed by atoms with E-state index in [0.717, 1.165) is 27.6 Å². The molecule has 4 aromatic rings. The lowest BCUT2D eigenvalue weighted by atomic mass is 10.0. The Kier molecular flexibility index (Phi) is 5.90. The molecule has 0 saturated heterocycles. The summed E-state index contributed by atoms with van der Waals surface area (Å²) in [6.45, 7) is 0. The molecule has 0 aliphatic carbocycles. The van der Waals surface area contributed by atoms with Crippen LogP contribution in [0.4, 0.5) is 0 Å². The second-order valence-electron chi connectivity index (χ2n) is 6.91. The van der Waals surface area contributed by atoms with E-state index in [1.807, 2.05) is 66.7 Å². The molecular weight excluding hydrogens is 388 g/mol. The van der Waals surface area contributed by atoms with Gasteiger partial charge < -0.3 is 9.15 Å². The first-order valence-corrected chi connectivity index (χ1v) is 9.80. The molecule has 31 heavy (non-hydrogen) atoms. The normalized spacial score (nSPS) is 11.4. The molecule has 1 heterocycles. The third kappa shape index (κ3) is 4.70. The largest absolute Gasteiger partial charge is 0.496 e. The van der Waals surface area contributed by atoms with Crippen molar-refractivity contribution in [1.82, 2.24) is 0 Å². The van der Waals surface area contributed by atoms with Gasteiger partial charge in [0.05, 0.1) is 7.11 Å². The predicted octanol–water partition coefficient (Wildman–Crippen LogP) is 5.76. The van der Waals surface area contributed by atoms with Crippen LogP contribution < -0.4 is 10.4 Å². The molecule has 4 heteroatoms. The molecule has 0 unspecified atom stereocenters. The van der Waals surface area contributed by atoms with Crippen LogP contribution in [0.25, 0.3) is 34.2 Å². The van der Waals surface area contributed by atoms with Gasteiger partial charge in [-0.25, -0.2) is 4.79 Å². The number of rotatable bonds is 6. The van der Waals surface area contributed by atoms with Crippen molar-refractivity contribution in [3.8, 4) is 16.9 Å². The Morgan fingerprint density at radius 1 is 0.871 bits per heavy atom. The zero-order valence-corrected chi connectivity index (χ0v) is 16.9. The van der Waals surface area contributed by atoms with Crippen LogP contribution in [-0.2, 0) is 4.79 Å². The van der Waals surface area contributed by atoms with E-state index in [0.29, 0.717) is 11.3 Å². The number of hydrogen-bond acceptors (Lipinski definition) is 4. The van der Waals surface area contributed by atoms with Crippen molar-refractivity contribution in [1.29, 1.82) is 0 Å². The van der Waals surface area contributed by atoms with E-state index < -0.39 is 0 Å². The molecule has 0 aliphatic rings. The second kappa shape index (κ2) is 9.09. The number of hydrogen-bond donors (Lipinski definition) is 0. The van der Waals surface area contributed by atoms with E-state index in [1.165, 1.54) is 18.2 Å². The predicted molar refractivity (Wildman–Crippen MR) is 124 cm³/mol. The molecule has 0 amide bonds. The summed E-state index contributed by atoms with van der Waals surface area (Å²) in [6.07, 6.45) is 6.53. The fraction of sp³-hybridized carbons (Fsp3) is 0.0370. The number of para-hydroxylation sites is 2. The zero-order valence-electron chi connectivity index (χ0n) is 16.9. The second-order valence-corrected chi connectivity index (χ2v) is 6.91. The molecule has 0 atom stereocenters. The number of methoxy groups -OCH3 is 1. The van der Waals surface area contributed by atoms with E-state index in [-0.39, 0.29) is 11.4 Å². The molecule has 0 bridgehead atoms. The summed E-state index contributed by atoms with van der Waals surface area (Å²) in [5.41, 5.74) is 3.62. The standard InChI is InChI=1S/C27H20O4/c1-30-25-8-4-2-6-21(25)15-17-22(28)16-12-19-10-13-20(14-11-19)24-18-27(29)31-26-9-5-3-7-23(24)26/h2-18H,1H3. The molecule has 0 spiro atoms. The molecular formula is C27H20O4. The van der Waals surface area contributed by atoms with Crippen molar-refractivity contribution in [2.75, 3.05) is 7.11 Å². The monoisotopic (exact) mass is 408 g/mol. The van der Waals surface area contributed by atoms with Gasteiger partial charge >= 0.3 is 5.63 Å². The van der Waals surface area contributed by atoms with Crippen molar-refractivity contribution in [3.63, 3.8) is 0 Å². The van der Waals surface area contributed by atoms with Crippen molar-refractivity contribution < 1.29 is 13.9 Å². The number of carbonyl (C=O) groups is 1. The molecule has 1 aromatic heterocycles. The average Bonchev–Trinajstić information content (AvgIpc) is 2.81. The van der Waals surface area contributed by atoms with Crippen LogP contribution in [-0.4, -0.2) is 12.9 Å². The van der Waals surface area contributed by atoms with Crippen LogP contribution >= 0.6 is 0 Å². The van der Waals surface area contributed by atoms with Crippen LogP contribution in [0.15, 0.2) is 100 Å². The third-order valence-corrected chi connectivity index (χ3v) is 4.88. The summed E-state index contributed by atoms with van der Waals surface area (Å²) >= 11 is 0. The molecule has 4 nitrogen and oxygen atoms in total. The Labute approximate surface area is 179 Å². The fourth-order valence-electron chi connectivity index (χ4n) is 3.33. The van der Waals surface area contributed by atoms with Crippen LogP contribution in [0.3, 0.4) is 0 Å². The summed E-state index contributed by atoms with van der Waals surface area (Å²) in [6, 6.07) is 24.1. The number of ether oxygens (including phenoxy) is 1. The number of fused-ring (bicyclic) bond motifs is 1. The highest BCUT2D eigenvalue weighted by atomic mass is 16.5. The zero-order chi connectivity index (χ0) is 21.6. The van der Waals surface area contributed by atoms with E-state index in [2.05, 4.69) is 0 Å². The van der Waals surface area contributed by atoms with Gasteiger partial charge in [-0.3, -0.25) is 4.79 Å². The smallest absolute Gasteiger partial charge is 0.336 e. The van der Waals surface area contributed by atoms with E-state index in [1.54, 1.807) is 25.3 Å². The van der Waals surface area contributed by atoms with Gasteiger partial charge in [0.15, 0.2) is 5.78 Å². The van der Waals surface area contributed by atoms with Crippen molar-refractivity contribution in [2.24, 2.45) is 0 Å². The van der Waals surface area contributed by atoms with E-state index >= 15 is 0 Å². The Morgan fingerprint density at radius 2 is 1.58 bits per heavy atom. The first-order valence-electron chi connectivity index (χ1n) is 9.80. The van der Waals surface area contributed by atoms with Crippen molar-refractivity contribution in [3.05, 3.63) is 113 Å². The molecule has 0 aliphatic heterocycles. The Morgan fingerprint density at radius 3 is 2.39 bits per heavy atom. The van der Waals surface area contributed by atoms with E-state index in [4.69, 9.17) is 9.15 Å². The molecule has 152 valence electrons. The minimum absolute atomic E-state index is 0.123. The van der Waals surface area contributed by atoms with Crippen LogP contribution in [0.1, 0.15) is 11.1 Å².